The van der Waals surface area contributed by atoms with Crippen molar-refractivity contribution < 1.29 is 9.15 Å². The Morgan fingerprint density at radius 2 is 2.36 bits per heavy atom. The number of nitrogens with zero attached hydrogens (tertiary/aromatic N) is 1. The molecule has 0 atom stereocenters. The Kier molecular flexibility index (Phi) is 2.18. The van der Waals surface area contributed by atoms with Crippen LogP contribution in [0.1, 0.15) is 5.76 Å². The van der Waals surface area contributed by atoms with E-state index in [0.717, 1.165) is 5.76 Å². The molecule has 4 heteroatoms. The second-order valence-corrected chi connectivity index (χ2v) is 3.65. The molecule has 74 valence electrons. The molecule has 1 saturated heterocycles. The summed E-state index contributed by atoms with van der Waals surface area (Å²) in [5.74, 6) is 1.58. The quantitative estimate of drug-likeness (QED) is 0.789. The third kappa shape index (κ3) is 1.59. The van der Waals surface area contributed by atoms with Gasteiger partial charge in [-0.1, -0.05) is 0 Å². The van der Waals surface area contributed by atoms with Crippen molar-refractivity contribution in [2.45, 2.75) is 6.92 Å². The molecule has 0 amide bonds. The van der Waals surface area contributed by atoms with E-state index >= 15 is 0 Å². The van der Waals surface area contributed by atoms with Gasteiger partial charge in [-0.05, 0) is 13.0 Å². The van der Waals surface area contributed by atoms with E-state index < -0.39 is 0 Å². The summed E-state index contributed by atoms with van der Waals surface area (Å²) in [6.45, 7) is 3.49. The van der Waals surface area contributed by atoms with Crippen LogP contribution in [-0.2, 0) is 4.74 Å². The third-order valence-corrected chi connectivity index (χ3v) is 2.34. The fourth-order valence-electron chi connectivity index (χ4n) is 1.34. The number of hydrogen-bond acceptors (Lipinski definition) is 4. The lowest BCUT2D eigenvalue weighted by atomic mass is 9.88. The van der Waals surface area contributed by atoms with Crippen molar-refractivity contribution in [1.29, 1.82) is 5.26 Å². The van der Waals surface area contributed by atoms with E-state index in [0.29, 0.717) is 25.6 Å². The molecule has 0 radical (unpaired) electrons. The maximum Gasteiger partial charge on any atom is 0.193 e. The van der Waals surface area contributed by atoms with Gasteiger partial charge in [0.1, 0.15) is 11.2 Å². The summed E-state index contributed by atoms with van der Waals surface area (Å²) in [4.78, 5) is 0. The number of nitrogens with one attached hydrogen (secondary N) is 1. The van der Waals surface area contributed by atoms with Crippen LogP contribution in [0.2, 0.25) is 0 Å². The molecule has 1 aliphatic heterocycles. The van der Waals surface area contributed by atoms with Gasteiger partial charge in [-0.2, -0.15) is 5.26 Å². The highest BCUT2D eigenvalue weighted by atomic mass is 16.5. The molecule has 14 heavy (non-hydrogen) atoms. The van der Waals surface area contributed by atoms with Gasteiger partial charge >= 0.3 is 0 Å². The zero-order valence-electron chi connectivity index (χ0n) is 8.04. The summed E-state index contributed by atoms with van der Waals surface area (Å²) in [6.07, 6.45) is 0. The molecule has 1 fully saturated rings. The van der Waals surface area contributed by atoms with Crippen LogP contribution in [0.5, 0.6) is 0 Å². The minimum absolute atomic E-state index is 0.360. The third-order valence-electron chi connectivity index (χ3n) is 2.34. The van der Waals surface area contributed by atoms with Crippen molar-refractivity contribution in [3.63, 3.8) is 0 Å². The highest BCUT2D eigenvalue weighted by molar-refractivity contribution is 5.33. The average molecular weight is 192 g/mol. The maximum atomic E-state index is 8.92. The van der Waals surface area contributed by atoms with Gasteiger partial charge in [0.05, 0.1) is 19.3 Å². The van der Waals surface area contributed by atoms with E-state index in [1.807, 2.05) is 19.1 Å². The summed E-state index contributed by atoms with van der Waals surface area (Å²) in [5.41, 5.74) is -0.360. The van der Waals surface area contributed by atoms with Crippen LogP contribution in [0.25, 0.3) is 0 Å². The van der Waals surface area contributed by atoms with Crippen LogP contribution in [-0.4, -0.2) is 19.8 Å². The fraction of sp³-hybridized carbons (Fsp3) is 0.500. The molecular weight excluding hydrogens is 180 g/mol. The SMILES string of the molecule is Cc1ccc(NCC2(C#N)COC2)o1. The second kappa shape index (κ2) is 3.35. The monoisotopic (exact) mass is 192 g/mol. The minimum atomic E-state index is -0.360. The van der Waals surface area contributed by atoms with Crippen LogP contribution in [0, 0.1) is 23.7 Å². The highest BCUT2D eigenvalue weighted by Gasteiger charge is 2.38. The lowest BCUT2D eigenvalue weighted by Crippen LogP contribution is -2.46. The van der Waals surface area contributed by atoms with Crippen LogP contribution >= 0.6 is 0 Å². The predicted octanol–water partition coefficient (Wildman–Crippen LogP) is 1.54. The predicted molar refractivity (Wildman–Crippen MR) is 50.8 cm³/mol. The molecule has 2 rings (SSSR count). The standard InChI is InChI=1S/C10H12N2O2/c1-8-2-3-9(14-8)12-5-10(4-11)6-13-7-10/h2-3,12H,5-7H2,1H3. The molecule has 0 saturated carbocycles. The number of hydrogen-bond donors (Lipinski definition) is 1. The van der Waals surface area contributed by atoms with Crippen LogP contribution in [0.15, 0.2) is 16.5 Å². The number of nitriles is 1. The summed E-state index contributed by atoms with van der Waals surface area (Å²) in [7, 11) is 0. The normalized spacial score (nSPS) is 18.3. The second-order valence-electron chi connectivity index (χ2n) is 3.65. The summed E-state index contributed by atoms with van der Waals surface area (Å²) in [6, 6.07) is 6.01. The van der Waals surface area contributed by atoms with Crippen molar-refractivity contribution in [2.24, 2.45) is 5.41 Å². The molecule has 0 aliphatic carbocycles. The molecule has 1 aromatic heterocycles. The van der Waals surface area contributed by atoms with E-state index in [2.05, 4.69) is 11.4 Å². The van der Waals surface area contributed by atoms with Crippen molar-refractivity contribution in [1.82, 2.24) is 0 Å². The Labute approximate surface area is 82.5 Å². The molecule has 1 aromatic rings. The van der Waals surface area contributed by atoms with E-state index in [-0.39, 0.29) is 5.41 Å². The number of furan rings is 1. The topological polar surface area (TPSA) is 58.2 Å². The van der Waals surface area contributed by atoms with Gasteiger partial charge in [0.25, 0.3) is 0 Å². The Bertz CT molecular complexity index is 360. The van der Waals surface area contributed by atoms with Gasteiger partial charge < -0.3 is 14.5 Å². The van der Waals surface area contributed by atoms with Crippen LogP contribution in [0.4, 0.5) is 5.88 Å². The van der Waals surface area contributed by atoms with Gasteiger partial charge in [-0.3, -0.25) is 0 Å². The first-order chi connectivity index (χ1) is 6.74. The molecule has 1 aliphatic rings. The molecule has 0 unspecified atom stereocenters. The Balaban J connectivity index is 1.91. The van der Waals surface area contributed by atoms with E-state index in [1.165, 1.54) is 0 Å². The van der Waals surface area contributed by atoms with Crippen molar-refractivity contribution in [3.8, 4) is 6.07 Å². The van der Waals surface area contributed by atoms with Gasteiger partial charge in [0.15, 0.2) is 5.88 Å². The Morgan fingerprint density at radius 1 is 1.57 bits per heavy atom. The van der Waals surface area contributed by atoms with Crippen molar-refractivity contribution in [2.75, 3.05) is 25.1 Å². The molecular formula is C10H12N2O2. The molecule has 4 nitrogen and oxygen atoms in total. The zero-order valence-corrected chi connectivity index (χ0v) is 8.04. The number of rotatable bonds is 3. The molecule has 1 N–H and O–H groups in total. The first-order valence-corrected chi connectivity index (χ1v) is 4.53. The minimum Gasteiger partial charge on any atom is -0.446 e. The van der Waals surface area contributed by atoms with Gasteiger partial charge in [-0.25, -0.2) is 0 Å². The van der Waals surface area contributed by atoms with E-state index in [9.17, 15) is 0 Å². The summed E-state index contributed by atoms with van der Waals surface area (Å²) >= 11 is 0. The van der Waals surface area contributed by atoms with Gasteiger partial charge in [-0.15, -0.1) is 0 Å². The molecule has 2 heterocycles. The first-order valence-electron chi connectivity index (χ1n) is 4.53. The maximum absolute atomic E-state index is 8.92. The number of anilines is 1. The number of ether oxygens (including phenoxy) is 1. The van der Waals surface area contributed by atoms with Crippen LogP contribution < -0.4 is 5.32 Å². The molecule has 0 aromatic carbocycles. The molecule has 0 bridgehead atoms. The van der Waals surface area contributed by atoms with Crippen molar-refractivity contribution >= 4 is 5.88 Å². The highest BCUT2D eigenvalue weighted by Crippen LogP contribution is 2.27. The lowest BCUT2D eigenvalue weighted by molar-refractivity contribution is -0.0691. The zero-order chi connectivity index (χ0) is 10.0. The smallest absolute Gasteiger partial charge is 0.193 e. The van der Waals surface area contributed by atoms with Crippen LogP contribution in [0.3, 0.4) is 0 Å². The lowest BCUT2D eigenvalue weighted by Gasteiger charge is -2.34. The largest absolute Gasteiger partial charge is 0.446 e. The summed E-state index contributed by atoms with van der Waals surface area (Å²) in [5, 5.41) is 12.0. The van der Waals surface area contributed by atoms with E-state index in [4.69, 9.17) is 14.4 Å². The summed E-state index contributed by atoms with van der Waals surface area (Å²) < 4.78 is 10.4. The Hall–Kier alpha value is -1.47. The molecule has 0 spiro atoms. The number of aryl methyl sites for hydroxylation is 1. The van der Waals surface area contributed by atoms with Gasteiger partial charge in [0, 0.05) is 12.6 Å². The average Bonchev–Trinajstić information content (AvgIpc) is 2.50. The van der Waals surface area contributed by atoms with E-state index in [1.54, 1.807) is 0 Å². The fourth-order valence-corrected chi connectivity index (χ4v) is 1.34. The van der Waals surface area contributed by atoms with Crippen molar-refractivity contribution in [3.05, 3.63) is 17.9 Å². The Morgan fingerprint density at radius 3 is 2.79 bits per heavy atom. The van der Waals surface area contributed by atoms with Gasteiger partial charge in [0.2, 0.25) is 0 Å². The first kappa shape index (κ1) is 9.10.